The van der Waals surface area contributed by atoms with Crippen molar-refractivity contribution in [2.45, 2.75) is 97.3 Å². The Balaban J connectivity index is 1.39. The summed E-state index contributed by atoms with van der Waals surface area (Å²) in [7, 11) is 0. The van der Waals surface area contributed by atoms with Crippen molar-refractivity contribution in [1.29, 1.82) is 0 Å². The Hall–Kier alpha value is -1.90. The van der Waals surface area contributed by atoms with Crippen LogP contribution in [0.3, 0.4) is 0 Å². The Morgan fingerprint density at radius 1 is 0.774 bits per heavy atom. The molecule has 3 rings (SSSR count). The van der Waals surface area contributed by atoms with E-state index in [1.165, 1.54) is 82.6 Å². The van der Waals surface area contributed by atoms with Crippen LogP contribution in [0.4, 0.5) is 0 Å². The highest BCUT2D eigenvalue weighted by molar-refractivity contribution is 5.55. The standard InChI is InChI=1S/C28H42N2O/c1-3-5-7-9-11-25-20-29-28(30-21-25)26-16-18-27(19-17-26)31-22-24-14-12-23(13-15-24)10-8-6-4-2/h16-21,23-24H,3-15,22H2,1-2H3. The lowest BCUT2D eigenvalue weighted by molar-refractivity contribution is 0.177. The van der Waals surface area contributed by atoms with Crippen molar-refractivity contribution in [2.75, 3.05) is 6.61 Å². The topological polar surface area (TPSA) is 35.0 Å². The average molecular weight is 423 g/mol. The van der Waals surface area contributed by atoms with Gasteiger partial charge in [0.15, 0.2) is 5.82 Å². The number of ether oxygens (including phenoxy) is 1. The Bertz CT molecular complexity index is 718. The van der Waals surface area contributed by atoms with Crippen LogP contribution in [0.1, 0.15) is 96.5 Å². The van der Waals surface area contributed by atoms with E-state index in [-0.39, 0.29) is 0 Å². The summed E-state index contributed by atoms with van der Waals surface area (Å²) in [4.78, 5) is 9.16. The molecule has 1 fully saturated rings. The van der Waals surface area contributed by atoms with E-state index < -0.39 is 0 Å². The maximum atomic E-state index is 6.11. The molecule has 1 heterocycles. The fourth-order valence-electron chi connectivity index (χ4n) is 4.67. The van der Waals surface area contributed by atoms with E-state index in [2.05, 4.69) is 48.1 Å². The number of rotatable bonds is 13. The molecule has 1 aromatic carbocycles. The van der Waals surface area contributed by atoms with Crippen LogP contribution in [0.25, 0.3) is 11.4 Å². The highest BCUT2D eigenvalue weighted by Gasteiger charge is 2.21. The lowest BCUT2D eigenvalue weighted by Gasteiger charge is -2.28. The van der Waals surface area contributed by atoms with Gasteiger partial charge in [0.1, 0.15) is 5.75 Å². The normalized spacial score (nSPS) is 18.8. The molecule has 0 radical (unpaired) electrons. The second-order valence-electron chi connectivity index (χ2n) is 9.44. The predicted octanol–water partition coefficient (Wildman–Crippen LogP) is 8.03. The van der Waals surface area contributed by atoms with Gasteiger partial charge in [-0.25, -0.2) is 9.97 Å². The maximum Gasteiger partial charge on any atom is 0.159 e. The molecular weight excluding hydrogens is 380 g/mol. The second kappa shape index (κ2) is 13.5. The Labute approximate surface area is 190 Å². The summed E-state index contributed by atoms with van der Waals surface area (Å²) in [6, 6.07) is 8.29. The van der Waals surface area contributed by atoms with Gasteiger partial charge in [0, 0.05) is 18.0 Å². The Kier molecular flexibility index (Phi) is 10.3. The molecule has 3 heteroatoms. The number of aromatic nitrogens is 2. The van der Waals surface area contributed by atoms with Crippen LogP contribution in [0.5, 0.6) is 5.75 Å². The molecule has 170 valence electrons. The first-order valence-corrected chi connectivity index (χ1v) is 12.8. The first-order valence-electron chi connectivity index (χ1n) is 12.8. The highest BCUT2D eigenvalue weighted by Crippen LogP contribution is 2.32. The van der Waals surface area contributed by atoms with Gasteiger partial charge in [-0.1, -0.05) is 71.6 Å². The zero-order valence-corrected chi connectivity index (χ0v) is 19.8. The van der Waals surface area contributed by atoms with Gasteiger partial charge >= 0.3 is 0 Å². The minimum Gasteiger partial charge on any atom is -0.493 e. The highest BCUT2D eigenvalue weighted by atomic mass is 16.5. The third kappa shape index (κ3) is 8.27. The molecule has 0 saturated heterocycles. The van der Waals surface area contributed by atoms with E-state index >= 15 is 0 Å². The first kappa shape index (κ1) is 23.8. The number of benzene rings is 1. The smallest absolute Gasteiger partial charge is 0.159 e. The van der Waals surface area contributed by atoms with Crippen molar-refractivity contribution in [3.8, 4) is 17.1 Å². The fourth-order valence-corrected chi connectivity index (χ4v) is 4.67. The molecule has 0 atom stereocenters. The molecule has 3 nitrogen and oxygen atoms in total. The number of nitrogens with zero attached hydrogens (tertiary/aromatic N) is 2. The molecule has 0 unspecified atom stereocenters. The number of hydrogen-bond donors (Lipinski definition) is 0. The van der Waals surface area contributed by atoms with E-state index in [0.29, 0.717) is 0 Å². The van der Waals surface area contributed by atoms with Crippen LogP contribution in [0.2, 0.25) is 0 Å². The van der Waals surface area contributed by atoms with Gasteiger partial charge in [0.2, 0.25) is 0 Å². The summed E-state index contributed by atoms with van der Waals surface area (Å²) < 4.78 is 6.11. The van der Waals surface area contributed by atoms with Gasteiger partial charge in [0.25, 0.3) is 0 Å². The third-order valence-electron chi connectivity index (χ3n) is 6.80. The van der Waals surface area contributed by atoms with Crippen molar-refractivity contribution in [2.24, 2.45) is 11.8 Å². The zero-order valence-electron chi connectivity index (χ0n) is 19.8. The first-order chi connectivity index (χ1) is 15.3. The molecule has 0 bridgehead atoms. The molecule has 1 aromatic heterocycles. The van der Waals surface area contributed by atoms with Gasteiger partial charge in [0.05, 0.1) is 6.61 Å². The third-order valence-corrected chi connectivity index (χ3v) is 6.80. The Morgan fingerprint density at radius 3 is 2.10 bits per heavy atom. The van der Waals surface area contributed by atoms with Crippen LogP contribution < -0.4 is 4.74 Å². The van der Waals surface area contributed by atoms with Crippen molar-refractivity contribution in [1.82, 2.24) is 9.97 Å². The van der Waals surface area contributed by atoms with Gasteiger partial charge in [-0.2, -0.15) is 0 Å². The minimum absolute atomic E-state index is 0.718. The van der Waals surface area contributed by atoms with Gasteiger partial charge in [-0.3, -0.25) is 0 Å². The van der Waals surface area contributed by atoms with E-state index in [4.69, 9.17) is 4.74 Å². The van der Waals surface area contributed by atoms with E-state index in [9.17, 15) is 0 Å². The molecular formula is C28H42N2O. The quantitative estimate of drug-likeness (QED) is 0.306. The summed E-state index contributed by atoms with van der Waals surface area (Å²) in [6.45, 7) is 5.39. The molecule has 2 aromatic rings. The molecule has 1 saturated carbocycles. The molecule has 1 aliphatic rings. The summed E-state index contributed by atoms with van der Waals surface area (Å²) in [5.41, 5.74) is 2.29. The molecule has 0 amide bonds. The number of unbranched alkanes of at least 4 members (excludes halogenated alkanes) is 5. The molecule has 0 aliphatic heterocycles. The van der Waals surface area contributed by atoms with Crippen molar-refractivity contribution in [3.05, 3.63) is 42.2 Å². The largest absolute Gasteiger partial charge is 0.493 e. The molecule has 1 aliphatic carbocycles. The summed E-state index contributed by atoms with van der Waals surface area (Å²) >= 11 is 0. The van der Waals surface area contributed by atoms with Crippen LogP contribution in [0.15, 0.2) is 36.7 Å². The van der Waals surface area contributed by atoms with Crippen molar-refractivity contribution < 1.29 is 4.74 Å². The van der Waals surface area contributed by atoms with E-state index in [0.717, 1.165) is 42.0 Å². The summed E-state index contributed by atoms with van der Waals surface area (Å²) in [6.07, 6.45) is 21.2. The minimum atomic E-state index is 0.718. The van der Waals surface area contributed by atoms with Crippen LogP contribution in [-0.2, 0) is 6.42 Å². The van der Waals surface area contributed by atoms with Crippen LogP contribution in [0, 0.1) is 11.8 Å². The van der Waals surface area contributed by atoms with E-state index in [1.807, 2.05) is 12.4 Å². The molecule has 0 spiro atoms. The SMILES string of the molecule is CCCCCCc1cnc(-c2ccc(OCC3CCC(CCCCC)CC3)cc2)nc1. The fraction of sp³-hybridized carbons (Fsp3) is 0.643. The van der Waals surface area contributed by atoms with Crippen molar-refractivity contribution in [3.63, 3.8) is 0 Å². The van der Waals surface area contributed by atoms with Crippen molar-refractivity contribution >= 4 is 0 Å². The predicted molar refractivity (Wildman–Crippen MR) is 130 cm³/mol. The molecule has 31 heavy (non-hydrogen) atoms. The number of hydrogen-bond acceptors (Lipinski definition) is 3. The monoisotopic (exact) mass is 422 g/mol. The van der Waals surface area contributed by atoms with Gasteiger partial charge in [-0.05, 0) is 67.3 Å². The van der Waals surface area contributed by atoms with Crippen LogP contribution in [-0.4, -0.2) is 16.6 Å². The zero-order chi connectivity index (χ0) is 21.7. The van der Waals surface area contributed by atoms with Gasteiger partial charge < -0.3 is 4.74 Å². The molecule has 0 N–H and O–H groups in total. The second-order valence-corrected chi connectivity index (χ2v) is 9.44. The lowest BCUT2D eigenvalue weighted by Crippen LogP contribution is -2.20. The van der Waals surface area contributed by atoms with Crippen LogP contribution >= 0.6 is 0 Å². The maximum absolute atomic E-state index is 6.11. The average Bonchev–Trinajstić information content (AvgIpc) is 2.82. The number of aryl methyl sites for hydroxylation is 1. The Morgan fingerprint density at radius 2 is 1.42 bits per heavy atom. The summed E-state index contributed by atoms with van der Waals surface area (Å²) in [5.74, 6) is 3.44. The summed E-state index contributed by atoms with van der Waals surface area (Å²) in [5, 5.41) is 0. The lowest BCUT2D eigenvalue weighted by atomic mass is 9.80. The van der Waals surface area contributed by atoms with E-state index in [1.54, 1.807) is 0 Å². The van der Waals surface area contributed by atoms with Gasteiger partial charge in [-0.15, -0.1) is 0 Å².